The Labute approximate surface area is 200 Å². The van der Waals surface area contributed by atoms with E-state index in [-0.39, 0.29) is 11.5 Å². The van der Waals surface area contributed by atoms with E-state index in [0.29, 0.717) is 18.7 Å². The van der Waals surface area contributed by atoms with Crippen LogP contribution in [0.1, 0.15) is 89.4 Å². The highest BCUT2D eigenvalue weighted by molar-refractivity contribution is 7.88. The van der Waals surface area contributed by atoms with Crippen molar-refractivity contribution in [2.24, 2.45) is 4.99 Å². The molecule has 192 valence electrons. The lowest BCUT2D eigenvalue weighted by molar-refractivity contribution is -0.0504. The van der Waals surface area contributed by atoms with Crippen molar-refractivity contribution in [3.63, 3.8) is 0 Å². The average Bonchev–Trinajstić information content (AvgIpc) is 3.36. The fraction of sp³-hybridized carbons (Fsp3) is 0.625. The maximum Gasteiger partial charge on any atom is 0.534 e. The number of ether oxygens (including phenoxy) is 1. The monoisotopic (exact) mass is 504 g/mol. The topological polar surface area (TPSA) is 80.8 Å². The summed E-state index contributed by atoms with van der Waals surface area (Å²) in [6.45, 7) is 4.39. The third kappa shape index (κ3) is 9.19. The van der Waals surface area contributed by atoms with E-state index in [9.17, 15) is 21.6 Å². The molecule has 0 spiro atoms. The summed E-state index contributed by atoms with van der Waals surface area (Å²) in [5, 5.41) is 0. The van der Waals surface area contributed by atoms with Crippen LogP contribution in [0.4, 0.5) is 13.2 Å². The van der Waals surface area contributed by atoms with E-state index < -0.39 is 21.5 Å². The van der Waals surface area contributed by atoms with Gasteiger partial charge in [0.05, 0.1) is 6.61 Å². The molecule has 1 N–H and O–H groups in total. The molecule has 0 unspecified atom stereocenters. The number of nitrogens with one attached hydrogen (secondary N) is 1. The fourth-order valence-corrected chi connectivity index (χ4v) is 3.89. The summed E-state index contributed by atoms with van der Waals surface area (Å²) < 4.78 is 70.1. The summed E-state index contributed by atoms with van der Waals surface area (Å²) in [5.41, 5.74) is -3.61. The molecule has 10 heteroatoms. The van der Waals surface area contributed by atoms with E-state index in [1.165, 1.54) is 51.4 Å². The highest BCUT2D eigenvalue weighted by Gasteiger charge is 2.49. The summed E-state index contributed by atoms with van der Waals surface area (Å²) in [4.78, 5) is 7.15. The van der Waals surface area contributed by atoms with Crippen LogP contribution in [-0.2, 0) is 25.5 Å². The van der Waals surface area contributed by atoms with Crippen molar-refractivity contribution in [3.8, 4) is 0 Å². The van der Waals surface area contributed by atoms with Gasteiger partial charge in [0, 0.05) is 17.5 Å². The molecule has 6 nitrogen and oxygen atoms in total. The van der Waals surface area contributed by atoms with Gasteiger partial charge in [-0.25, -0.2) is 4.99 Å². The van der Waals surface area contributed by atoms with Gasteiger partial charge in [0.1, 0.15) is 5.70 Å². The molecular formula is C24H35F3N2O4S. The van der Waals surface area contributed by atoms with Gasteiger partial charge in [-0.3, -0.25) is 0 Å². The minimum atomic E-state index is -5.81. The number of nitrogens with zero attached hydrogens (tertiary/aromatic N) is 1. The lowest BCUT2D eigenvalue weighted by Gasteiger charge is -2.07. The Bertz CT molecular complexity index is 963. The minimum Gasteiger partial charge on any atom is -0.491 e. The first-order valence-corrected chi connectivity index (χ1v) is 13.4. The number of rotatable bonds is 15. The van der Waals surface area contributed by atoms with Crippen molar-refractivity contribution in [2.75, 3.05) is 6.61 Å². The van der Waals surface area contributed by atoms with Gasteiger partial charge in [0.2, 0.25) is 5.90 Å². The molecule has 2 rings (SSSR count). The van der Waals surface area contributed by atoms with Crippen LogP contribution >= 0.6 is 0 Å². The molecule has 0 aromatic carbocycles. The van der Waals surface area contributed by atoms with E-state index in [1.807, 2.05) is 19.1 Å². The van der Waals surface area contributed by atoms with Crippen LogP contribution < -0.4 is 0 Å². The van der Waals surface area contributed by atoms with Gasteiger partial charge in [-0.05, 0) is 37.5 Å². The summed E-state index contributed by atoms with van der Waals surface area (Å²) >= 11 is 0. The molecule has 0 fully saturated rings. The predicted molar refractivity (Wildman–Crippen MR) is 128 cm³/mol. The SMILES string of the molecule is CCCCCCCCCCCc1ccc(/C=C2\N=C(OS(=O)(=O)C(F)(F)F)C=C2OCCC)[nH]1. The molecule has 0 atom stereocenters. The number of halogens is 3. The molecule has 0 bridgehead atoms. The smallest absolute Gasteiger partial charge is 0.491 e. The number of hydrogen-bond donors (Lipinski definition) is 1. The van der Waals surface area contributed by atoms with Gasteiger partial charge >= 0.3 is 15.6 Å². The van der Waals surface area contributed by atoms with Gasteiger partial charge in [0.25, 0.3) is 0 Å². The van der Waals surface area contributed by atoms with Crippen LogP contribution in [0.2, 0.25) is 0 Å². The predicted octanol–water partition coefficient (Wildman–Crippen LogP) is 7.02. The second-order valence-electron chi connectivity index (χ2n) is 8.34. The van der Waals surface area contributed by atoms with Crippen LogP contribution in [-0.4, -0.2) is 31.4 Å². The normalized spacial score (nSPS) is 15.5. The first-order valence-electron chi connectivity index (χ1n) is 12.0. The van der Waals surface area contributed by atoms with E-state index in [2.05, 4.69) is 21.1 Å². The molecular weight excluding hydrogens is 469 g/mol. The van der Waals surface area contributed by atoms with E-state index in [4.69, 9.17) is 4.74 Å². The first kappa shape index (κ1) is 28.0. The Hall–Kier alpha value is -2.23. The van der Waals surface area contributed by atoms with Gasteiger partial charge in [-0.1, -0.05) is 65.2 Å². The van der Waals surface area contributed by atoms with Crippen molar-refractivity contribution in [3.05, 3.63) is 41.1 Å². The fourth-order valence-electron chi connectivity index (χ4n) is 3.49. The van der Waals surface area contributed by atoms with Crippen molar-refractivity contribution in [2.45, 2.75) is 90.0 Å². The zero-order valence-corrected chi connectivity index (χ0v) is 20.7. The molecule has 2 heterocycles. The van der Waals surface area contributed by atoms with E-state index in [0.717, 1.165) is 24.6 Å². The Morgan fingerprint density at radius 1 is 0.971 bits per heavy atom. The Morgan fingerprint density at radius 2 is 1.62 bits per heavy atom. The van der Waals surface area contributed by atoms with Gasteiger partial charge < -0.3 is 13.9 Å². The van der Waals surface area contributed by atoms with Crippen LogP contribution in [0.25, 0.3) is 6.08 Å². The second kappa shape index (κ2) is 13.6. The Balaban J connectivity index is 1.93. The number of aryl methyl sites for hydroxylation is 1. The van der Waals surface area contributed by atoms with Crippen molar-refractivity contribution in [1.82, 2.24) is 4.98 Å². The summed E-state index contributed by atoms with van der Waals surface area (Å²) in [6.07, 6.45) is 15.5. The lowest BCUT2D eigenvalue weighted by atomic mass is 10.1. The number of aromatic amines is 1. The molecule has 34 heavy (non-hydrogen) atoms. The number of aliphatic imine (C=N–C) groups is 1. The second-order valence-corrected chi connectivity index (χ2v) is 9.88. The summed E-state index contributed by atoms with van der Waals surface area (Å²) in [6, 6.07) is 3.80. The maximum absolute atomic E-state index is 12.6. The molecule has 1 aromatic heterocycles. The molecule has 0 saturated heterocycles. The van der Waals surface area contributed by atoms with Crippen molar-refractivity contribution >= 4 is 22.1 Å². The molecule has 0 aliphatic carbocycles. The lowest BCUT2D eigenvalue weighted by Crippen LogP contribution is -2.27. The average molecular weight is 505 g/mol. The first-order chi connectivity index (χ1) is 16.2. The van der Waals surface area contributed by atoms with Crippen LogP contribution in [0, 0.1) is 0 Å². The summed E-state index contributed by atoms with van der Waals surface area (Å²) in [5.74, 6) is -0.527. The Morgan fingerprint density at radius 3 is 2.24 bits per heavy atom. The summed E-state index contributed by atoms with van der Waals surface area (Å²) in [7, 11) is -5.81. The molecule has 0 saturated carbocycles. The third-order valence-corrected chi connectivity index (χ3v) is 6.25. The number of alkyl halides is 3. The molecule has 0 radical (unpaired) electrons. The Kier molecular flexibility index (Phi) is 11.2. The number of aromatic nitrogens is 1. The van der Waals surface area contributed by atoms with Crippen LogP contribution in [0.3, 0.4) is 0 Å². The standard InChI is InChI=1S/C24H35F3N2O4S/c1-3-5-6-7-8-9-10-11-12-13-19-14-15-20(28-19)17-21-22(32-16-4-2)18-23(29-21)33-34(30,31)24(25,26)27/h14-15,17-18,28H,3-13,16H2,1-2H3/b21-17-. The highest BCUT2D eigenvalue weighted by Crippen LogP contribution is 2.29. The largest absolute Gasteiger partial charge is 0.534 e. The van der Waals surface area contributed by atoms with Crippen molar-refractivity contribution in [1.29, 1.82) is 0 Å². The molecule has 1 aliphatic rings. The number of H-pyrrole nitrogens is 1. The van der Waals surface area contributed by atoms with Crippen LogP contribution in [0.5, 0.6) is 0 Å². The van der Waals surface area contributed by atoms with Crippen LogP contribution in [0.15, 0.2) is 34.7 Å². The number of hydrogen-bond acceptors (Lipinski definition) is 5. The quantitative estimate of drug-likeness (QED) is 0.158. The molecule has 0 amide bonds. The zero-order chi connectivity index (χ0) is 25.0. The molecule has 1 aliphatic heterocycles. The van der Waals surface area contributed by atoms with Gasteiger partial charge in [0.15, 0.2) is 5.76 Å². The minimum absolute atomic E-state index is 0.157. The van der Waals surface area contributed by atoms with Crippen molar-refractivity contribution < 1.29 is 30.5 Å². The molecule has 1 aromatic rings. The van der Waals surface area contributed by atoms with E-state index >= 15 is 0 Å². The van der Waals surface area contributed by atoms with Gasteiger partial charge in [-0.2, -0.15) is 21.6 Å². The highest BCUT2D eigenvalue weighted by atomic mass is 32.2. The zero-order valence-electron chi connectivity index (χ0n) is 19.9. The third-order valence-electron chi connectivity index (χ3n) is 5.29. The maximum atomic E-state index is 12.6. The van der Waals surface area contributed by atoms with E-state index in [1.54, 1.807) is 6.08 Å². The number of unbranched alkanes of at least 4 members (excludes halogenated alkanes) is 8. The van der Waals surface area contributed by atoms with Gasteiger partial charge in [-0.15, -0.1) is 0 Å².